The van der Waals surface area contributed by atoms with Gasteiger partial charge in [0.05, 0.1) is 11.1 Å². The first kappa shape index (κ1) is 15.2. The van der Waals surface area contributed by atoms with Crippen molar-refractivity contribution >= 4 is 40.2 Å². The van der Waals surface area contributed by atoms with Crippen LogP contribution in [0.4, 0.5) is 11.8 Å². The number of hydrogen-bond donors (Lipinski definition) is 2. The number of carbonyl (C=O) groups excluding carboxylic acids is 1. The minimum Gasteiger partial charge on any atom is -0.370 e. The van der Waals surface area contributed by atoms with Crippen LogP contribution < -0.4 is 10.6 Å². The molecule has 2 heterocycles. The molecule has 1 amide bonds. The molecule has 0 unspecified atom stereocenters. The van der Waals surface area contributed by atoms with E-state index in [4.69, 9.17) is 11.6 Å². The summed E-state index contributed by atoms with van der Waals surface area (Å²) in [7, 11) is 0. The van der Waals surface area contributed by atoms with Crippen LogP contribution in [0, 0.1) is 0 Å². The minimum atomic E-state index is -0.402. The van der Waals surface area contributed by atoms with Crippen LogP contribution in [0.5, 0.6) is 0 Å². The molecule has 0 saturated carbocycles. The molecule has 0 fully saturated rings. The third-order valence-corrected chi connectivity index (χ3v) is 3.48. The summed E-state index contributed by atoms with van der Waals surface area (Å²) < 4.78 is 0. The monoisotopic (exact) mass is 327 g/mol. The standard InChI is InChI=1S/C16H14ClN5O/c1-2-18-14-10-6-3-4-8-12(10)20-16(21-14)22-15(23)11-7-5-9-19-13(11)17/h3-9H,2H2,1H3,(H2,18,20,21,22,23). The highest BCUT2D eigenvalue weighted by Crippen LogP contribution is 2.22. The Balaban J connectivity index is 1.97. The fourth-order valence-corrected chi connectivity index (χ4v) is 2.36. The smallest absolute Gasteiger partial charge is 0.261 e. The van der Waals surface area contributed by atoms with Crippen molar-refractivity contribution in [1.29, 1.82) is 0 Å². The first-order chi connectivity index (χ1) is 11.2. The minimum absolute atomic E-state index is 0.137. The van der Waals surface area contributed by atoms with Gasteiger partial charge in [0.2, 0.25) is 5.95 Å². The molecule has 3 rings (SSSR count). The number of para-hydroxylation sites is 1. The molecule has 6 nitrogen and oxygen atoms in total. The Morgan fingerprint density at radius 1 is 1.17 bits per heavy atom. The summed E-state index contributed by atoms with van der Waals surface area (Å²) in [6.07, 6.45) is 1.52. The second kappa shape index (κ2) is 6.58. The molecule has 23 heavy (non-hydrogen) atoms. The Morgan fingerprint density at radius 2 is 2.00 bits per heavy atom. The van der Waals surface area contributed by atoms with Crippen LogP contribution in [-0.4, -0.2) is 27.4 Å². The van der Waals surface area contributed by atoms with Gasteiger partial charge in [-0.2, -0.15) is 4.98 Å². The van der Waals surface area contributed by atoms with E-state index in [0.717, 1.165) is 10.9 Å². The van der Waals surface area contributed by atoms with E-state index in [1.54, 1.807) is 12.1 Å². The Bertz CT molecular complexity index is 868. The lowest BCUT2D eigenvalue weighted by molar-refractivity contribution is 0.102. The maximum absolute atomic E-state index is 12.3. The van der Waals surface area contributed by atoms with E-state index in [9.17, 15) is 4.79 Å². The van der Waals surface area contributed by atoms with Gasteiger partial charge in [-0.25, -0.2) is 9.97 Å². The van der Waals surface area contributed by atoms with Gasteiger partial charge < -0.3 is 5.32 Å². The Labute approximate surface area is 137 Å². The Morgan fingerprint density at radius 3 is 2.78 bits per heavy atom. The lowest BCUT2D eigenvalue weighted by Gasteiger charge is -2.10. The van der Waals surface area contributed by atoms with Crippen molar-refractivity contribution in [2.75, 3.05) is 17.2 Å². The lowest BCUT2D eigenvalue weighted by atomic mass is 10.2. The summed E-state index contributed by atoms with van der Waals surface area (Å²) in [5, 5.41) is 6.87. The molecule has 0 aliphatic carbocycles. The number of halogens is 1. The molecule has 1 aromatic carbocycles. The topological polar surface area (TPSA) is 79.8 Å². The van der Waals surface area contributed by atoms with Gasteiger partial charge >= 0.3 is 0 Å². The van der Waals surface area contributed by atoms with Crippen LogP contribution in [-0.2, 0) is 0 Å². The third kappa shape index (κ3) is 3.22. The second-order valence-corrected chi connectivity index (χ2v) is 5.10. The van der Waals surface area contributed by atoms with E-state index in [1.165, 1.54) is 6.20 Å². The molecule has 0 spiro atoms. The van der Waals surface area contributed by atoms with E-state index >= 15 is 0 Å². The normalized spacial score (nSPS) is 10.5. The number of pyridine rings is 1. The largest absolute Gasteiger partial charge is 0.370 e. The number of nitrogens with one attached hydrogen (secondary N) is 2. The first-order valence-corrected chi connectivity index (χ1v) is 7.49. The molecule has 0 aliphatic rings. The maximum atomic E-state index is 12.3. The summed E-state index contributed by atoms with van der Waals surface area (Å²) >= 11 is 5.94. The number of rotatable bonds is 4. The highest BCUT2D eigenvalue weighted by atomic mass is 35.5. The highest BCUT2D eigenvalue weighted by molar-refractivity contribution is 6.33. The quantitative estimate of drug-likeness (QED) is 0.718. The number of fused-ring (bicyclic) bond motifs is 1. The van der Waals surface area contributed by atoms with Crippen LogP contribution in [0.25, 0.3) is 10.9 Å². The van der Waals surface area contributed by atoms with Gasteiger partial charge in [-0.05, 0) is 31.2 Å². The zero-order valence-electron chi connectivity index (χ0n) is 12.4. The van der Waals surface area contributed by atoms with E-state index in [0.29, 0.717) is 12.4 Å². The first-order valence-electron chi connectivity index (χ1n) is 7.11. The number of carbonyl (C=O) groups is 1. The van der Waals surface area contributed by atoms with Crippen molar-refractivity contribution in [2.45, 2.75) is 6.92 Å². The molecule has 0 saturated heterocycles. The summed E-state index contributed by atoms with van der Waals surface area (Å²) in [6, 6.07) is 10.8. The predicted octanol–water partition coefficient (Wildman–Crippen LogP) is 3.36. The zero-order chi connectivity index (χ0) is 16.2. The Kier molecular flexibility index (Phi) is 4.34. The van der Waals surface area contributed by atoms with E-state index in [1.807, 2.05) is 31.2 Å². The third-order valence-electron chi connectivity index (χ3n) is 3.18. The van der Waals surface area contributed by atoms with Crippen LogP contribution in [0.3, 0.4) is 0 Å². The number of nitrogens with zero attached hydrogens (tertiary/aromatic N) is 3. The molecule has 3 aromatic rings. The average Bonchev–Trinajstić information content (AvgIpc) is 2.55. The van der Waals surface area contributed by atoms with Gasteiger partial charge in [0, 0.05) is 18.1 Å². The van der Waals surface area contributed by atoms with Gasteiger partial charge in [-0.15, -0.1) is 0 Å². The lowest BCUT2D eigenvalue weighted by Crippen LogP contribution is -2.16. The van der Waals surface area contributed by atoms with Gasteiger partial charge in [0.25, 0.3) is 5.91 Å². The van der Waals surface area contributed by atoms with Crippen LogP contribution in [0.15, 0.2) is 42.6 Å². The molecule has 0 atom stereocenters. The number of hydrogen-bond acceptors (Lipinski definition) is 5. The molecule has 2 aromatic heterocycles. The van der Waals surface area contributed by atoms with Crippen molar-refractivity contribution in [3.05, 3.63) is 53.3 Å². The predicted molar refractivity (Wildman–Crippen MR) is 90.9 cm³/mol. The van der Waals surface area contributed by atoms with Crippen LogP contribution in [0.1, 0.15) is 17.3 Å². The number of amides is 1. The average molecular weight is 328 g/mol. The Hall–Kier alpha value is -2.73. The second-order valence-electron chi connectivity index (χ2n) is 4.74. The zero-order valence-corrected chi connectivity index (χ0v) is 13.1. The molecular formula is C16H14ClN5O. The molecule has 0 radical (unpaired) electrons. The van der Waals surface area contributed by atoms with Crippen molar-refractivity contribution in [2.24, 2.45) is 0 Å². The van der Waals surface area contributed by atoms with Crippen molar-refractivity contribution in [1.82, 2.24) is 15.0 Å². The SMILES string of the molecule is CCNc1nc(NC(=O)c2cccnc2Cl)nc2ccccc12. The summed E-state index contributed by atoms with van der Waals surface area (Å²) in [6.45, 7) is 2.69. The summed E-state index contributed by atoms with van der Waals surface area (Å²) in [5.41, 5.74) is 1.02. The summed E-state index contributed by atoms with van der Waals surface area (Å²) in [4.78, 5) is 24.9. The fourth-order valence-electron chi connectivity index (χ4n) is 2.16. The van der Waals surface area contributed by atoms with E-state index < -0.39 is 5.91 Å². The van der Waals surface area contributed by atoms with Crippen LogP contribution in [0.2, 0.25) is 5.15 Å². The number of benzene rings is 1. The number of anilines is 2. The van der Waals surface area contributed by atoms with Gasteiger partial charge in [-0.1, -0.05) is 23.7 Å². The van der Waals surface area contributed by atoms with E-state index in [2.05, 4.69) is 25.6 Å². The van der Waals surface area contributed by atoms with Crippen molar-refractivity contribution in [3.8, 4) is 0 Å². The highest BCUT2D eigenvalue weighted by Gasteiger charge is 2.14. The molecule has 7 heteroatoms. The summed E-state index contributed by atoms with van der Waals surface area (Å²) in [5.74, 6) is 0.482. The fraction of sp³-hybridized carbons (Fsp3) is 0.125. The molecule has 0 bridgehead atoms. The van der Waals surface area contributed by atoms with Crippen LogP contribution >= 0.6 is 11.6 Å². The molecular weight excluding hydrogens is 314 g/mol. The number of aromatic nitrogens is 3. The molecule has 0 aliphatic heterocycles. The molecule has 116 valence electrons. The van der Waals surface area contributed by atoms with Gasteiger partial charge in [0.1, 0.15) is 11.0 Å². The van der Waals surface area contributed by atoms with Gasteiger partial charge in [-0.3, -0.25) is 10.1 Å². The van der Waals surface area contributed by atoms with Gasteiger partial charge in [0.15, 0.2) is 0 Å². The molecule has 2 N–H and O–H groups in total. The van der Waals surface area contributed by atoms with E-state index in [-0.39, 0.29) is 16.7 Å². The van der Waals surface area contributed by atoms with Crippen molar-refractivity contribution in [3.63, 3.8) is 0 Å². The van der Waals surface area contributed by atoms with Crippen molar-refractivity contribution < 1.29 is 4.79 Å². The maximum Gasteiger partial charge on any atom is 0.261 e.